The van der Waals surface area contributed by atoms with E-state index in [-0.39, 0.29) is 23.2 Å². The molecule has 0 saturated heterocycles. The van der Waals surface area contributed by atoms with Crippen LogP contribution in [-0.2, 0) is 14.3 Å². The summed E-state index contributed by atoms with van der Waals surface area (Å²) >= 11 is 0. The normalized spacial score (nSPS) is 17.0. The minimum atomic E-state index is -0.814. The van der Waals surface area contributed by atoms with Gasteiger partial charge in [0.1, 0.15) is 18.2 Å². The maximum atomic E-state index is 12.4. The number of nitrogens with one attached hydrogen (secondary N) is 1. The number of hydrogen-bond donors (Lipinski definition) is 2. The second kappa shape index (κ2) is 7.55. The summed E-state index contributed by atoms with van der Waals surface area (Å²) in [5.74, 6) is -0.520. The van der Waals surface area contributed by atoms with Crippen LogP contribution in [0.25, 0.3) is 0 Å². The zero-order valence-electron chi connectivity index (χ0n) is 15.6. The first-order valence-corrected chi connectivity index (χ1v) is 7.95. The molecule has 0 fully saturated rings. The van der Waals surface area contributed by atoms with Crippen molar-refractivity contribution in [2.75, 3.05) is 0 Å². The monoisotopic (exact) mass is 314 g/mol. The van der Waals surface area contributed by atoms with Gasteiger partial charge in [-0.2, -0.15) is 0 Å². The van der Waals surface area contributed by atoms with Gasteiger partial charge in [-0.1, -0.05) is 34.6 Å². The van der Waals surface area contributed by atoms with Crippen molar-refractivity contribution in [3.05, 3.63) is 0 Å². The van der Waals surface area contributed by atoms with E-state index in [1.165, 1.54) is 0 Å². The van der Waals surface area contributed by atoms with Gasteiger partial charge in [0.15, 0.2) is 5.78 Å². The molecule has 3 unspecified atom stereocenters. The van der Waals surface area contributed by atoms with Gasteiger partial charge in [-0.05, 0) is 33.6 Å². The SMILES string of the molecule is CC(NC(C)(C)C)C(=O)OC(C(C)C)C(N)C(=O)C(C)(C)C. The molecular formula is C17H34N2O3. The Kier molecular flexibility index (Phi) is 7.23. The lowest BCUT2D eigenvalue weighted by atomic mass is 9.82. The van der Waals surface area contributed by atoms with E-state index in [0.717, 1.165) is 0 Å². The standard InChI is InChI=1S/C17H34N2O3/c1-10(2)13(12(18)14(20)16(4,5)6)22-15(21)11(3)19-17(7,8)9/h10-13,19H,18H2,1-9H3. The summed E-state index contributed by atoms with van der Waals surface area (Å²) in [7, 11) is 0. The third kappa shape index (κ3) is 6.88. The Labute approximate surface area is 135 Å². The Morgan fingerprint density at radius 1 is 1.00 bits per heavy atom. The predicted octanol–water partition coefficient (Wildman–Crippen LogP) is 2.27. The molecule has 0 aromatic rings. The summed E-state index contributed by atoms with van der Waals surface area (Å²) in [4.78, 5) is 24.6. The predicted molar refractivity (Wildman–Crippen MR) is 89.5 cm³/mol. The van der Waals surface area contributed by atoms with Gasteiger partial charge in [0.25, 0.3) is 0 Å². The Balaban J connectivity index is 5.00. The van der Waals surface area contributed by atoms with Crippen LogP contribution in [0.3, 0.4) is 0 Å². The van der Waals surface area contributed by atoms with Crippen LogP contribution in [0.4, 0.5) is 0 Å². The molecule has 0 rings (SSSR count). The summed E-state index contributed by atoms with van der Waals surface area (Å²) in [6.45, 7) is 16.9. The largest absolute Gasteiger partial charge is 0.459 e. The highest BCUT2D eigenvalue weighted by molar-refractivity contribution is 5.89. The molecule has 5 heteroatoms. The van der Waals surface area contributed by atoms with Gasteiger partial charge >= 0.3 is 5.97 Å². The summed E-state index contributed by atoms with van der Waals surface area (Å²) in [5.41, 5.74) is 5.32. The van der Waals surface area contributed by atoms with E-state index in [0.29, 0.717) is 0 Å². The molecule has 0 spiro atoms. The fourth-order valence-electron chi connectivity index (χ4n) is 2.22. The summed E-state index contributed by atoms with van der Waals surface area (Å²) < 4.78 is 5.55. The minimum Gasteiger partial charge on any atom is -0.459 e. The van der Waals surface area contributed by atoms with Crippen molar-refractivity contribution in [3.8, 4) is 0 Å². The van der Waals surface area contributed by atoms with Crippen molar-refractivity contribution in [3.63, 3.8) is 0 Å². The first kappa shape index (κ1) is 21.1. The average Bonchev–Trinajstić information content (AvgIpc) is 2.30. The fourth-order valence-corrected chi connectivity index (χ4v) is 2.22. The number of Topliss-reactive ketones (excluding diaryl/α,β-unsaturated/α-hetero) is 1. The van der Waals surface area contributed by atoms with Crippen molar-refractivity contribution in [2.45, 2.75) is 86.0 Å². The van der Waals surface area contributed by atoms with Crippen molar-refractivity contribution in [1.29, 1.82) is 0 Å². The minimum absolute atomic E-state index is 0.0351. The number of carbonyl (C=O) groups excluding carboxylic acids is 2. The van der Waals surface area contributed by atoms with Crippen LogP contribution < -0.4 is 11.1 Å². The van der Waals surface area contributed by atoms with Gasteiger partial charge in [0.2, 0.25) is 0 Å². The van der Waals surface area contributed by atoms with Crippen molar-refractivity contribution in [1.82, 2.24) is 5.32 Å². The molecule has 0 saturated carbocycles. The van der Waals surface area contributed by atoms with Crippen LogP contribution >= 0.6 is 0 Å². The Morgan fingerprint density at radius 3 is 1.77 bits per heavy atom. The highest BCUT2D eigenvalue weighted by atomic mass is 16.5. The van der Waals surface area contributed by atoms with Gasteiger partial charge in [-0.3, -0.25) is 14.9 Å². The van der Waals surface area contributed by atoms with Crippen LogP contribution in [0.15, 0.2) is 0 Å². The molecular weight excluding hydrogens is 280 g/mol. The molecule has 22 heavy (non-hydrogen) atoms. The van der Waals surface area contributed by atoms with Gasteiger partial charge < -0.3 is 10.5 Å². The number of esters is 1. The van der Waals surface area contributed by atoms with Gasteiger partial charge in [-0.25, -0.2) is 0 Å². The van der Waals surface area contributed by atoms with Gasteiger partial charge in [0.05, 0.1) is 0 Å². The van der Waals surface area contributed by atoms with Crippen molar-refractivity contribution < 1.29 is 14.3 Å². The number of nitrogens with two attached hydrogens (primary N) is 1. The summed E-state index contributed by atoms with van der Waals surface area (Å²) in [5, 5.41) is 3.16. The lowest BCUT2D eigenvalue weighted by Crippen LogP contribution is -2.53. The van der Waals surface area contributed by atoms with Crippen LogP contribution in [0.2, 0.25) is 0 Å². The molecule has 130 valence electrons. The third-order valence-electron chi connectivity index (χ3n) is 3.31. The molecule has 0 aliphatic carbocycles. The molecule has 0 bridgehead atoms. The second-order valence-electron chi connectivity index (χ2n) is 8.40. The van der Waals surface area contributed by atoms with E-state index in [2.05, 4.69) is 5.32 Å². The zero-order chi connectivity index (χ0) is 17.9. The number of carbonyl (C=O) groups is 2. The van der Waals surface area contributed by atoms with E-state index in [1.54, 1.807) is 6.92 Å². The Morgan fingerprint density at radius 2 is 1.45 bits per heavy atom. The first-order chi connectivity index (χ1) is 9.66. The van der Waals surface area contributed by atoms with Crippen LogP contribution in [0, 0.1) is 11.3 Å². The number of ketones is 1. The molecule has 0 aromatic heterocycles. The van der Waals surface area contributed by atoms with E-state index in [9.17, 15) is 9.59 Å². The lowest BCUT2D eigenvalue weighted by molar-refractivity contribution is -0.157. The molecule has 3 N–H and O–H groups in total. The molecule has 5 nitrogen and oxygen atoms in total. The molecule has 0 aliphatic heterocycles. The maximum absolute atomic E-state index is 12.4. The van der Waals surface area contributed by atoms with Gasteiger partial charge in [0, 0.05) is 11.0 Å². The smallest absolute Gasteiger partial charge is 0.323 e. The van der Waals surface area contributed by atoms with Crippen molar-refractivity contribution >= 4 is 11.8 Å². The molecule has 0 amide bonds. The van der Waals surface area contributed by atoms with Gasteiger partial charge in [-0.15, -0.1) is 0 Å². The number of ether oxygens (including phenoxy) is 1. The van der Waals surface area contributed by atoms with Crippen LogP contribution in [0.1, 0.15) is 62.3 Å². The van der Waals surface area contributed by atoms with Crippen LogP contribution in [-0.4, -0.2) is 35.5 Å². The van der Waals surface area contributed by atoms with Crippen LogP contribution in [0.5, 0.6) is 0 Å². The third-order valence-corrected chi connectivity index (χ3v) is 3.31. The molecule has 0 heterocycles. The fraction of sp³-hybridized carbons (Fsp3) is 0.882. The topological polar surface area (TPSA) is 81.4 Å². The molecule has 0 aliphatic rings. The van der Waals surface area contributed by atoms with E-state index >= 15 is 0 Å². The Hall–Kier alpha value is -0.940. The maximum Gasteiger partial charge on any atom is 0.323 e. The number of hydrogen-bond acceptors (Lipinski definition) is 5. The highest BCUT2D eigenvalue weighted by Crippen LogP contribution is 2.21. The Bertz CT molecular complexity index is 392. The molecule has 0 aromatic carbocycles. The summed E-state index contributed by atoms with van der Waals surface area (Å²) in [6, 6.07) is -1.27. The molecule has 3 atom stereocenters. The highest BCUT2D eigenvalue weighted by Gasteiger charge is 2.37. The zero-order valence-corrected chi connectivity index (χ0v) is 15.6. The second-order valence-corrected chi connectivity index (χ2v) is 8.40. The quantitative estimate of drug-likeness (QED) is 0.735. The number of rotatable bonds is 6. The van der Waals surface area contributed by atoms with Crippen molar-refractivity contribution in [2.24, 2.45) is 17.1 Å². The first-order valence-electron chi connectivity index (χ1n) is 7.95. The van der Waals surface area contributed by atoms with E-state index in [1.807, 2.05) is 55.4 Å². The van der Waals surface area contributed by atoms with E-state index in [4.69, 9.17) is 10.5 Å². The molecule has 0 radical (unpaired) electrons. The van der Waals surface area contributed by atoms with E-state index < -0.39 is 23.6 Å². The average molecular weight is 314 g/mol. The lowest BCUT2D eigenvalue weighted by Gasteiger charge is -2.32. The summed E-state index contributed by atoms with van der Waals surface area (Å²) in [6.07, 6.45) is -0.622.